The molecular formula is C17H30F3N5O2. The van der Waals surface area contributed by atoms with Crippen LogP contribution < -0.4 is 5.73 Å². The summed E-state index contributed by atoms with van der Waals surface area (Å²) >= 11 is 0. The molecule has 0 saturated carbocycles. The standard InChI is InChI=1S/C17H30F3N5O2/c1-16(2,3)27-15(26)25-8-6-24(7-9-25)14(21)22-10-13-4-5-23(11-13)12-17(18,19)20/h13H,4-12H2,1-3H3,(H2,21,22). The summed E-state index contributed by atoms with van der Waals surface area (Å²) in [5, 5.41) is 0. The van der Waals surface area contributed by atoms with Gasteiger partial charge in [0.2, 0.25) is 0 Å². The van der Waals surface area contributed by atoms with Crippen molar-refractivity contribution in [3.63, 3.8) is 0 Å². The summed E-state index contributed by atoms with van der Waals surface area (Å²) < 4.78 is 42.7. The Hall–Kier alpha value is -1.71. The number of ether oxygens (including phenoxy) is 1. The van der Waals surface area contributed by atoms with Crippen molar-refractivity contribution in [2.45, 2.75) is 39.0 Å². The highest BCUT2D eigenvalue weighted by atomic mass is 19.4. The number of hydrogen-bond acceptors (Lipinski definition) is 4. The number of likely N-dealkylation sites (tertiary alicyclic amines) is 1. The first kappa shape index (κ1) is 21.6. The topological polar surface area (TPSA) is 74.4 Å². The number of nitrogens with zero attached hydrogens (tertiary/aromatic N) is 4. The maximum absolute atomic E-state index is 12.4. The molecule has 2 rings (SSSR count). The maximum Gasteiger partial charge on any atom is 0.410 e. The SMILES string of the molecule is CC(C)(C)OC(=O)N1CCN(C(N)=NCC2CCN(CC(F)(F)F)C2)CC1. The van der Waals surface area contributed by atoms with Gasteiger partial charge in [0, 0.05) is 39.3 Å². The molecule has 27 heavy (non-hydrogen) atoms. The molecule has 2 aliphatic heterocycles. The molecule has 1 atom stereocenters. The molecule has 0 aromatic rings. The van der Waals surface area contributed by atoms with Gasteiger partial charge in [-0.15, -0.1) is 0 Å². The Bertz CT molecular complexity index is 540. The van der Waals surface area contributed by atoms with E-state index < -0.39 is 18.3 Å². The van der Waals surface area contributed by atoms with Gasteiger partial charge in [0.05, 0.1) is 6.54 Å². The summed E-state index contributed by atoms with van der Waals surface area (Å²) in [5.74, 6) is 0.474. The van der Waals surface area contributed by atoms with Gasteiger partial charge >= 0.3 is 12.3 Å². The Morgan fingerprint density at radius 3 is 2.26 bits per heavy atom. The highest BCUT2D eigenvalue weighted by Gasteiger charge is 2.34. The van der Waals surface area contributed by atoms with Gasteiger partial charge in [-0.3, -0.25) is 9.89 Å². The Morgan fingerprint density at radius 1 is 1.11 bits per heavy atom. The van der Waals surface area contributed by atoms with E-state index in [1.165, 1.54) is 4.90 Å². The summed E-state index contributed by atoms with van der Waals surface area (Å²) in [7, 11) is 0. The fourth-order valence-electron chi connectivity index (χ4n) is 3.23. The van der Waals surface area contributed by atoms with Gasteiger partial charge in [-0.05, 0) is 39.7 Å². The van der Waals surface area contributed by atoms with Crippen LogP contribution in [0.25, 0.3) is 0 Å². The molecular weight excluding hydrogens is 363 g/mol. The van der Waals surface area contributed by atoms with E-state index in [0.717, 1.165) is 0 Å². The summed E-state index contributed by atoms with van der Waals surface area (Å²) in [6.07, 6.45) is -3.81. The zero-order chi connectivity index (χ0) is 20.2. The van der Waals surface area contributed by atoms with Crippen molar-refractivity contribution in [1.29, 1.82) is 0 Å². The van der Waals surface area contributed by atoms with Crippen molar-refractivity contribution in [3.05, 3.63) is 0 Å². The van der Waals surface area contributed by atoms with E-state index in [2.05, 4.69) is 4.99 Å². The van der Waals surface area contributed by atoms with E-state index in [1.54, 1.807) is 4.90 Å². The van der Waals surface area contributed by atoms with E-state index in [-0.39, 0.29) is 12.0 Å². The molecule has 1 amide bonds. The number of amides is 1. The second-order valence-electron chi connectivity index (χ2n) is 8.16. The predicted molar refractivity (Wildman–Crippen MR) is 96.5 cm³/mol. The van der Waals surface area contributed by atoms with Gasteiger partial charge in [0.25, 0.3) is 0 Å². The summed E-state index contributed by atoms with van der Waals surface area (Å²) in [6, 6.07) is 0. The zero-order valence-corrected chi connectivity index (χ0v) is 16.3. The lowest BCUT2D eigenvalue weighted by Crippen LogP contribution is -2.53. The highest BCUT2D eigenvalue weighted by Crippen LogP contribution is 2.23. The van der Waals surface area contributed by atoms with Gasteiger partial charge in [0.1, 0.15) is 5.60 Å². The molecule has 2 heterocycles. The number of hydrogen-bond donors (Lipinski definition) is 1. The number of rotatable bonds is 3. The Labute approximate surface area is 158 Å². The molecule has 0 bridgehead atoms. The monoisotopic (exact) mass is 393 g/mol. The Morgan fingerprint density at radius 2 is 1.70 bits per heavy atom. The van der Waals surface area contributed by atoms with Gasteiger partial charge < -0.3 is 20.3 Å². The van der Waals surface area contributed by atoms with E-state index in [1.807, 2.05) is 25.7 Å². The average Bonchev–Trinajstić information content (AvgIpc) is 2.96. The van der Waals surface area contributed by atoms with E-state index >= 15 is 0 Å². The minimum Gasteiger partial charge on any atom is -0.444 e. The number of aliphatic imine (C=N–C) groups is 1. The maximum atomic E-state index is 12.4. The molecule has 2 fully saturated rings. The van der Waals surface area contributed by atoms with Crippen LogP contribution in [0.2, 0.25) is 0 Å². The molecule has 1 unspecified atom stereocenters. The third kappa shape index (κ3) is 7.43. The third-order valence-corrected chi connectivity index (χ3v) is 4.54. The largest absolute Gasteiger partial charge is 0.444 e. The number of alkyl halides is 3. The molecule has 2 aliphatic rings. The first-order valence-corrected chi connectivity index (χ1v) is 9.25. The van der Waals surface area contributed by atoms with Crippen LogP contribution in [0, 0.1) is 5.92 Å². The molecule has 0 aromatic heterocycles. The average molecular weight is 393 g/mol. The molecule has 7 nitrogen and oxygen atoms in total. The van der Waals surface area contributed by atoms with Crippen LogP contribution in [0.5, 0.6) is 0 Å². The lowest BCUT2D eigenvalue weighted by atomic mass is 10.1. The van der Waals surface area contributed by atoms with Crippen molar-refractivity contribution in [3.8, 4) is 0 Å². The normalized spacial score (nSPS) is 23.0. The number of carbonyl (C=O) groups is 1. The summed E-state index contributed by atoms with van der Waals surface area (Å²) in [5.41, 5.74) is 5.50. The van der Waals surface area contributed by atoms with Crippen LogP contribution in [0.4, 0.5) is 18.0 Å². The van der Waals surface area contributed by atoms with E-state index in [0.29, 0.717) is 58.2 Å². The van der Waals surface area contributed by atoms with Crippen LogP contribution in [-0.2, 0) is 4.74 Å². The number of guanidine groups is 1. The molecule has 2 saturated heterocycles. The quantitative estimate of drug-likeness (QED) is 0.584. The van der Waals surface area contributed by atoms with E-state index in [4.69, 9.17) is 10.5 Å². The summed E-state index contributed by atoms with van der Waals surface area (Å²) in [6.45, 7) is 7.96. The molecule has 0 radical (unpaired) electrons. The number of halogens is 3. The van der Waals surface area contributed by atoms with Gasteiger partial charge in [-0.2, -0.15) is 13.2 Å². The first-order valence-electron chi connectivity index (χ1n) is 9.25. The van der Waals surface area contributed by atoms with Crippen LogP contribution in [0.3, 0.4) is 0 Å². The molecule has 0 aliphatic carbocycles. The number of nitrogens with two attached hydrogens (primary N) is 1. The van der Waals surface area contributed by atoms with Crippen LogP contribution in [-0.4, -0.2) is 90.9 Å². The van der Waals surface area contributed by atoms with Crippen LogP contribution in [0.1, 0.15) is 27.2 Å². The van der Waals surface area contributed by atoms with Crippen LogP contribution in [0.15, 0.2) is 4.99 Å². The van der Waals surface area contributed by atoms with E-state index in [9.17, 15) is 18.0 Å². The first-order chi connectivity index (χ1) is 12.4. The Balaban J connectivity index is 1.74. The predicted octanol–water partition coefficient (Wildman–Crippen LogP) is 1.74. The molecule has 0 spiro atoms. The molecule has 2 N–H and O–H groups in total. The van der Waals surface area contributed by atoms with Crippen molar-refractivity contribution < 1.29 is 22.7 Å². The fraction of sp³-hybridized carbons (Fsp3) is 0.882. The minimum absolute atomic E-state index is 0.0916. The molecule has 0 aromatic carbocycles. The van der Waals surface area contributed by atoms with Gasteiger partial charge in [-0.1, -0.05) is 0 Å². The van der Waals surface area contributed by atoms with Crippen molar-refractivity contribution in [2.75, 3.05) is 52.4 Å². The number of carbonyl (C=O) groups excluding carboxylic acids is 1. The van der Waals surface area contributed by atoms with Crippen LogP contribution >= 0.6 is 0 Å². The Kier molecular flexibility index (Phi) is 6.82. The van der Waals surface area contributed by atoms with Gasteiger partial charge in [-0.25, -0.2) is 4.79 Å². The second kappa shape index (κ2) is 8.53. The summed E-state index contributed by atoms with van der Waals surface area (Å²) in [4.78, 5) is 21.4. The smallest absolute Gasteiger partial charge is 0.410 e. The fourth-order valence-corrected chi connectivity index (χ4v) is 3.23. The minimum atomic E-state index is -4.16. The highest BCUT2D eigenvalue weighted by molar-refractivity contribution is 5.78. The third-order valence-electron chi connectivity index (χ3n) is 4.54. The molecule has 10 heteroatoms. The lowest BCUT2D eigenvalue weighted by molar-refractivity contribution is -0.143. The van der Waals surface area contributed by atoms with Crippen molar-refractivity contribution in [1.82, 2.24) is 14.7 Å². The molecule has 156 valence electrons. The van der Waals surface area contributed by atoms with Crippen molar-refractivity contribution >= 4 is 12.1 Å². The van der Waals surface area contributed by atoms with Gasteiger partial charge in [0.15, 0.2) is 5.96 Å². The van der Waals surface area contributed by atoms with Crippen molar-refractivity contribution in [2.24, 2.45) is 16.6 Å². The number of piperazine rings is 1. The lowest BCUT2D eigenvalue weighted by Gasteiger charge is -2.36. The zero-order valence-electron chi connectivity index (χ0n) is 16.3. The second-order valence-corrected chi connectivity index (χ2v) is 8.16.